The van der Waals surface area contributed by atoms with Gasteiger partial charge in [-0.15, -0.1) is 0 Å². The van der Waals surface area contributed by atoms with Crippen molar-refractivity contribution in [3.05, 3.63) is 34.6 Å². The molecule has 1 saturated heterocycles. The summed E-state index contributed by atoms with van der Waals surface area (Å²) in [5.74, 6) is 0.546. The van der Waals surface area contributed by atoms with Gasteiger partial charge in [-0.05, 0) is 62.3 Å². The molecule has 1 aliphatic heterocycles. The first-order valence-corrected chi connectivity index (χ1v) is 6.76. The Bertz CT molecular complexity index is 422. The summed E-state index contributed by atoms with van der Waals surface area (Å²) in [7, 11) is 0. The summed E-state index contributed by atoms with van der Waals surface area (Å²) >= 11 is 6.13. The largest absolute Gasteiger partial charge is 0.311 e. The molecule has 0 spiro atoms. The van der Waals surface area contributed by atoms with E-state index in [2.05, 4.69) is 5.32 Å². The third kappa shape index (κ3) is 2.21. The molecule has 3 rings (SSSR count). The average Bonchev–Trinajstić information content (AvgIpc) is 3.05. The number of hydrogen-bond acceptors (Lipinski definition) is 1. The molecule has 17 heavy (non-hydrogen) atoms. The normalized spacial score (nSPS) is 28.6. The highest BCUT2D eigenvalue weighted by atomic mass is 35.5. The van der Waals surface area contributed by atoms with E-state index in [1.165, 1.54) is 37.8 Å². The second kappa shape index (κ2) is 4.25. The van der Waals surface area contributed by atoms with Gasteiger partial charge in [0.15, 0.2) is 0 Å². The van der Waals surface area contributed by atoms with E-state index in [1.54, 1.807) is 0 Å². The molecule has 1 saturated carbocycles. The predicted octanol–water partition coefficient (Wildman–Crippen LogP) is 3.55. The summed E-state index contributed by atoms with van der Waals surface area (Å²) in [4.78, 5) is 0. The van der Waals surface area contributed by atoms with Crippen molar-refractivity contribution in [3.8, 4) is 0 Å². The van der Waals surface area contributed by atoms with E-state index in [-0.39, 0.29) is 11.4 Å². The average molecular weight is 254 g/mol. The Morgan fingerprint density at radius 1 is 1.41 bits per heavy atom. The van der Waals surface area contributed by atoms with Gasteiger partial charge in [0.1, 0.15) is 5.82 Å². The first-order valence-electron chi connectivity index (χ1n) is 6.39. The van der Waals surface area contributed by atoms with E-state index in [0.29, 0.717) is 5.02 Å². The Morgan fingerprint density at radius 3 is 2.82 bits per heavy atom. The zero-order valence-corrected chi connectivity index (χ0v) is 10.6. The van der Waals surface area contributed by atoms with Gasteiger partial charge in [-0.25, -0.2) is 4.39 Å². The molecular formula is C14H17ClFN. The van der Waals surface area contributed by atoms with Crippen LogP contribution in [-0.2, 0) is 6.42 Å². The van der Waals surface area contributed by atoms with Crippen molar-refractivity contribution in [3.63, 3.8) is 0 Å². The third-order valence-corrected chi connectivity index (χ3v) is 4.51. The lowest BCUT2D eigenvalue weighted by Gasteiger charge is -2.30. The minimum absolute atomic E-state index is 0.238. The molecule has 1 atom stereocenters. The number of hydrogen-bond donors (Lipinski definition) is 1. The first-order chi connectivity index (χ1) is 8.20. The monoisotopic (exact) mass is 253 g/mol. The van der Waals surface area contributed by atoms with Gasteiger partial charge in [0.05, 0.1) is 0 Å². The van der Waals surface area contributed by atoms with Crippen LogP contribution in [0, 0.1) is 11.7 Å². The number of rotatable bonds is 3. The standard InChI is InChI=1S/C14H17ClFN/c15-13-8-12(16)5-2-10(13)9-14(11-3-4-11)6-1-7-17-14/h2,5,8,11,17H,1,3-4,6-7,9H2. The topological polar surface area (TPSA) is 12.0 Å². The second-order valence-electron chi connectivity index (χ2n) is 5.37. The number of halogens is 2. The van der Waals surface area contributed by atoms with E-state index in [4.69, 9.17) is 11.6 Å². The number of benzene rings is 1. The highest BCUT2D eigenvalue weighted by molar-refractivity contribution is 6.31. The molecule has 1 aliphatic carbocycles. The minimum Gasteiger partial charge on any atom is -0.311 e. The van der Waals surface area contributed by atoms with E-state index in [1.807, 2.05) is 6.07 Å². The summed E-state index contributed by atoms with van der Waals surface area (Å²) in [6.45, 7) is 1.11. The Kier molecular flexibility index (Phi) is 2.87. The number of nitrogens with one attached hydrogen (secondary N) is 1. The molecule has 92 valence electrons. The zero-order chi connectivity index (χ0) is 11.9. The molecule has 1 aromatic rings. The van der Waals surface area contributed by atoms with Crippen molar-refractivity contribution >= 4 is 11.6 Å². The van der Waals surface area contributed by atoms with Crippen LogP contribution in [0.2, 0.25) is 5.02 Å². The van der Waals surface area contributed by atoms with E-state index < -0.39 is 0 Å². The molecule has 2 aliphatic rings. The maximum absolute atomic E-state index is 13.0. The van der Waals surface area contributed by atoms with Crippen molar-refractivity contribution in [1.82, 2.24) is 5.32 Å². The molecule has 0 aromatic heterocycles. The van der Waals surface area contributed by atoms with Gasteiger partial charge >= 0.3 is 0 Å². The fourth-order valence-corrected chi connectivity index (χ4v) is 3.35. The summed E-state index contributed by atoms with van der Waals surface area (Å²) < 4.78 is 13.0. The molecule has 1 unspecified atom stereocenters. The molecule has 1 aromatic carbocycles. The highest BCUT2D eigenvalue weighted by Gasteiger charge is 2.46. The van der Waals surface area contributed by atoms with Crippen LogP contribution in [0.1, 0.15) is 31.2 Å². The van der Waals surface area contributed by atoms with Gasteiger partial charge in [0.2, 0.25) is 0 Å². The molecule has 2 fully saturated rings. The Morgan fingerprint density at radius 2 is 2.24 bits per heavy atom. The second-order valence-corrected chi connectivity index (χ2v) is 5.78. The molecule has 0 amide bonds. The smallest absolute Gasteiger partial charge is 0.124 e. The van der Waals surface area contributed by atoms with Crippen LogP contribution in [0.5, 0.6) is 0 Å². The third-order valence-electron chi connectivity index (χ3n) is 4.16. The summed E-state index contributed by atoms with van der Waals surface area (Å²) in [6, 6.07) is 4.77. The van der Waals surface area contributed by atoms with Crippen molar-refractivity contribution in [2.45, 2.75) is 37.6 Å². The van der Waals surface area contributed by atoms with Gasteiger partial charge in [-0.1, -0.05) is 17.7 Å². The molecule has 3 heteroatoms. The van der Waals surface area contributed by atoms with Crippen LogP contribution >= 0.6 is 11.6 Å². The SMILES string of the molecule is Fc1ccc(CC2(C3CC3)CCCN2)c(Cl)c1. The molecule has 0 bridgehead atoms. The van der Waals surface area contributed by atoms with Crippen LogP contribution in [0.4, 0.5) is 4.39 Å². The first kappa shape index (κ1) is 11.5. The fraction of sp³-hybridized carbons (Fsp3) is 0.571. The van der Waals surface area contributed by atoms with Crippen LogP contribution in [0.3, 0.4) is 0 Å². The lowest BCUT2D eigenvalue weighted by Crippen LogP contribution is -2.44. The Hall–Kier alpha value is -0.600. The molecule has 1 heterocycles. The Balaban J connectivity index is 1.84. The van der Waals surface area contributed by atoms with Gasteiger partial charge in [0, 0.05) is 10.6 Å². The van der Waals surface area contributed by atoms with E-state index in [9.17, 15) is 4.39 Å². The quantitative estimate of drug-likeness (QED) is 0.869. The van der Waals surface area contributed by atoms with Crippen LogP contribution in [-0.4, -0.2) is 12.1 Å². The summed E-state index contributed by atoms with van der Waals surface area (Å²) in [6.07, 6.45) is 6.06. The minimum atomic E-state index is -0.251. The molecule has 0 radical (unpaired) electrons. The van der Waals surface area contributed by atoms with Gasteiger partial charge < -0.3 is 5.32 Å². The van der Waals surface area contributed by atoms with Crippen LogP contribution in [0.15, 0.2) is 18.2 Å². The summed E-state index contributed by atoms with van der Waals surface area (Å²) in [5.41, 5.74) is 1.32. The summed E-state index contributed by atoms with van der Waals surface area (Å²) in [5, 5.41) is 4.24. The van der Waals surface area contributed by atoms with Gasteiger partial charge in [0.25, 0.3) is 0 Å². The zero-order valence-electron chi connectivity index (χ0n) is 9.81. The van der Waals surface area contributed by atoms with Gasteiger partial charge in [-0.3, -0.25) is 0 Å². The predicted molar refractivity (Wildman–Crippen MR) is 67.8 cm³/mol. The van der Waals surface area contributed by atoms with E-state index in [0.717, 1.165) is 24.4 Å². The molecular weight excluding hydrogens is 237 g/mol. The fourth-order valence-electron chi connectivity index (χ4n) is 3.11. The Labute approximate surface area is 106 Å². The highest BCUT2D eigenvalue weighted by Crippen LogP contribution is 2.46. The maximum atomic E-state index is 13.0. The van der Waals surface area contributed by atoms with Crippen molar-refractivity contribution in [1.29, 1.82) is 0 Å². The van der Waals surface area contributed by atoms with E-state index >= 15 is 0 Å². The van der Waals surface area contributed by atoms with Crippen LogP contribution in [0.25, 0.3) is 0 Å². The van der Waals surface area contributed by atoms with Crippen molar-refractivity contribution in [2.24, 2.45) is 5.92 Å². The molecule has 1 nitrogen and oxygen atoms in total. The molecule has 1 N–H and O–H groups in total. The maximum Gasteiger partial charge on any atom is 0.124 e. The van der Waals surface area contributed by atoms with Gasteiger partial charge in [-0.2, -0.15) is 0 Å². The lowest BCUT2D eigenvalue weighted by atomic mass is 9.84. The van der Waals surface area contributed by atoms with Crippen LogP contribution < -0.4 is 5.32 Å². The lowest BCUT2D eigenvalue weighted by molar-refractivity contribution is 0.323. The van der Waals surface area contributed by atoms with Crippen molar-refractivity contribution < 1.29 is 4.39 Å². The van der Waals surface area contributed by atoms with Crippen molar-refractivity contribution in [2.75, 3.05) is 6.54 Å².